The van der Waals surface area contributed by atoms with E-state index >= 15 is 0 Å². The summed E-state index contributed by atoms with van der Waals surface area (Å²) in [7, 11) is 0. The van der Waals surface area contributed by atoms with Gasteiger partial charge in [-0.2, -0.15) is 0 Å². The fourth-order valence-electron chi connectivity index (χ4n) is 3.76. The molecule has 0 atom stereocenters. The number of ether oxygens (including phenoxy) is 2. The van der Waals surface area contributed by atoms with Crippen molar-refractivity contribution in [1.82, 2.24) is 0 Å². The summed E-state index contributed by atoms with van der Waals surface area (Å²) in [6.07, 6.45) is 9.46. The quantitative estimate of drug-likeness (QED) is 0.392. The lowest BCUT2D eigenvalue weighted by Gasteiger charge is -2.11. The van der Waals surface area contributed by atoms with Crippen molar-refractivity contribution < 1.29 is 19.7 Å². The number of benzene rings is 3. The highest BCUT2D eigenvalue weighted by atomic mass is 16.5. The van der Waals surface area contributed by atoms with E-state index < -0.39 is 0 Å². The molecule has 0 fully saturated rings. The maximum atomic E-state index is 10.6. The van der Waals surface area contributed by atoms with Crippen LogP contribution in [0.4, 0.5) is 11.4 Å². The van der Waals surface area contributed by atoms with Crippen LogP contribution in [-0.4, -0.2) is 35.9 Å². The third kappa shape index (κ3) is 6.16. The number of para-hydroxylation sites is 4. The molecular weight excluding hydrogens is 428 g/mol. The van der Waals surface area contributed by atoms with E-state index in [-0.39, 0.29) is 11.5 Å². The van der Waals surface area contributed by atoms with Crippen molar-refractivity contribution in [2.24, 2.45) is 9.98 Å². The molecule has 4 bridgehead atoms. The van der Waals surface area contributed by atoms with E-state index in [4.69, 9.17) is 9.47 Å². The van der Waals surface area contributed by atoms with Crippen LogP contribution in [0.15, 0.2) is 70.6 Å². The van der Waals surface area contributed by atoms with E-state index in [1.165, 1.54) is 0 Å². The summed E-state index contributed by atoms with van der Waals surface area (Å²) < 4.78 is 11.6. The summed E-state index contributed by atoms with van der Waals surface area (Å²) in [4.78, 5) is 9.09. The lowest BCUT2D eigenvalue weighted by atomic mass is 10.1. The molecule has 3 aromatic rings. The lowest BCUT2D eigenvalue weighted by Crippen LogP contribution is -2.00. The van der Waals surface area contributed by atoms with Gasteiger partial charge < -0.3 is 19.7 Å². The fourth-order valence-corrected chi connectivity index (χ4v) is 3.76. The van der Waals surface area contributed by atoms with Crippen molar-refractivity contribution in [1.29, 1.82) is 0 Å². The first-order chi connectivity index (χ1) is 16.7. The first kappa shape index (κ1) is 23.4. The van der Waals surface area contributed by atoms with Crippen LogP contribution in [0.5, 0.6) is 23.0 Å². The Balaban J connectivity index is 1.63. The summed E-state index contributed by atoms with van der Waals surface area (Å²) in [6, 6.07) is 18.2. The Morgan fingerprint density at radius 2 is 0.971 bits per heavy atom. The van der Waals surface area contributed by atoms with E-state index in [1.54, 1.807) is 36.7 Å². The van der Waals surface area contributed by atoms with E-state index in [0.717, 1.165) is 38.5 Å². The van der Waals surface area contributed by atoms with Gasteiger partial charge in [0.25, 0.3) is 0 Å². The first-order valence-electron chi connectivity index (χ1n) is 11.8. The van der Waals surface area contributed by atoms with Crippen LogP contribution in [0, 0.1) is 0 Å². The minimum atomic E-state index is 0.0797. The Morgan fingerprint density at radius 3 is 1.44 bits per heavy atom. The zero-order chi connectivity index (χ0) is 23.6. The molecule has 1 aliphatic heterocycles. The molecule has 0 unspecified atom stereocenters. The fraction of sp³-hybridized carbons (Fsp3) is 0.286. The van der Waals surface area contributed by atoms with Gasteiger partial charge in [0, 0.05) is 23.6 Å². The Hall–Kier alpha value is -3.80. The molecule has 0 aromatic heterocycles. The molecule has 2 N–H and O–H groups in total. The molecule has 1 aliphatic rings. The molecule has 6 nitrogen and oxygen atoms in total. The Morgan fingerprint density at radius 1 is 0.529 bits per heavy atom. The predicted octanol–water partition coefficient (Wildman–Crippen LogP) is 6.71. The Kier molecular flexibility index (Phi) is 8.17. The van der Waals surface area contributed by atoms with Crippen LogP contribution in [0.2, 0.25) is 0 Å². The zero-order valence-electron chi connectivity index (χ0n) is 19.2. The molecule has 0 amide bonds. The zero-order valence-corrected chi connectivity index (χ0v) is 19.2. The first-order valence-corrected chi connectivity index (χ1v) is 11.8. The van der Waals surface area contributed by atoms with Crippen LogP contribution < -0.4 is 9.47 Å². The number of hydrogen-bond donors (Lipinski definition) is 2. The molecule has 34 heavy (non-hydrogen) atoms. The molecule has 0 spiro atoms. The molecule has 0 radical (unpaired) electrons. The number of nitrogens with zero attached hydrogens (tertiary/aromatic N) is 2. The highest BCUT2D eigenvalue weighted by Crippen LogP contribution is 2.33. The standard InChI is InChI=1S/C28H30N2O4/c31-27-21-11-9-15-25(27)33-17-7-3-1-2-4-8-18-34-26-16-10-12-22(28(26)32)20-30-24-14-6-5-13-23(24)29-19-21/h5-6,9-16,19-20,31-32H,1-4,7-8,17-18H2. The van der Waals surface area contributed by atoms with E-state index in [0.29, 0.717) is 47.2 Å². The van der Waals surface area contributed by atoms with Crippen molar-refractivity contribution in [3.05, 3.63) is 71.8 Å². The maximum absolute atomic E-state index is 10.6. The molecule has 176 valence electrons. The van der Waals surface area contributed by atoms with Crippen molar-refractivity contribution in [3.8, 4) is 23.0 Å². The van der Waals surface area contributed by atoms with E-state index in [1.807, 2.05) is 36.4 Å². The van der Waals surface area contributed by atoms with Crippen molar-refractivity contribution in [3.63, 3.8) is 0 Å². The second kappa shape index (κ2) is 11.9. The van der Waals surface area contributed by atoms with Gasteiger partial charge in [-0.1, -0.05) is 49.9 Å². The average Bonchev–Trinajstić information content (AvgIpc) is 2.85. The third-order valence-electron chi connectivity index (χ3n) is 5.68. The third-order valence-corrected chi connectivity index (χ3v) is 5.68. The van der Waals surface area contributed by atoms with Gasteiger partial charge in [-0.15, -0.1) is 0 Å². The summed E-state index contributed by atoms with van der Waals surface area (Å²) in [6.45, 7) is 1.12. The predicted molar refractivity (Wildman–Crippen MR) is 136 cm³/mol. The molecule has 3 aromatic carbocycles. The van der Waals surface area contributed by atoms with Crippen LogP contribution >= 0.6 is 0 Å². The SMILES string of the molecule is Oc1c2cccc1OCCCCCCCCOc1cccc(c1O)C=Nc1ccccc1N=C2. The lowest BCUT2D eigenvalue weighted by molar-refractivity contribution is 0.282. The van der Waals surface area contributed by atoms with Crippen molar-refractivity contribution >= 4 is 23.8 Å². The van der Waals surface area contributed by atoms with Crippen LogP contribution in [0.25, 0.3) is 0 Å². The van der Waals surface area contributed by atoms with Gasteiger partial charge in [0.05, 0.1) is 24.6 Å². The number of fused-ring (bicyclic) bond motifs is 5. The van der Waals surface area contributed by atoms with E-state index in [2.05, 4.69) is 9.98 Å². The molecule has 1 heterocycles. The molecule has 4 rings (SSSR count). The topological polar surface area (TPSA) is 83.6 Å². The van der Waals surface area contributed by atoms with Crippen LogP contribution in [0.3, 0.4) is 0 Å². The van der Waals surface area contributed by atoms with Crippen LogP contribution in [-0.2, 0) is 0 Å². The number of aliphatic imine (C=N–C) groups is 2. The normalized spacial score (nSPS) is 15.2. The number of phenols is 2. The monoisotopic (exact) mass is 458 g/mol. The van der Waals surface area contributed by atoms with Crippen LogP contribution in [0.1, 0.15) is 49.7 Å². The highest BCUT2D eigenvalue weighted by Gasteiger charge is 2.09. The number of aromatic hydroxyl groups is 2. The molecule has 0 saturated carbocycles. The molecular formula is C28H30N2O4. The summed E-state index contributed by atoms with van der Waals surface area (Å²) >= 11 is 0. The minimum Gasteiger partial charge on any atom is -0.504 e. The van der Waals surface area contributed by atoms with Gasteiger partial charge >= 0.3 is 0 Å². The molecule has 0 saturated heterocycles. The van der Waals surface area contributed by atoms with Gasteiger partial charge in [0.15, 0.2) is 23.0 Å². The molecule has 6 heteroatoms. The number of hydrogen-bond acceptors (Lipinski definition) is 6. The van der Waals surface area contributed by atoms with Crippen molar-refractivity contribution in [2.75, 3.05) is 13.2 Å². The Bertz CT molecular complexity index is 1070. The van der Waals surface area contributed by atoms with E-state index in [9.17, 15) is 10.2 Å². The summed E-state index contributed by atoms with van der Waals surface area (Å²) in [5.74, 6) is 1.09. The van der Waals surface area contributed by atoms with Crippen molar-refractivity contribution in [2.45, 2.75) is 38.5 Å². The van der Waals surface area contributed by atoms with Gasteiger partial charge in [-0.25, -0.2) is 0 Å². The van der Waals surface area contributed by atoms with Gasteiger partial charge in [0.2, 0.25) is 0 Å². The second-order valence-corrected chi connectivity index (χ2v) is 8.21. The molecule has 0 aliphatic carbocycles. The number of phenolic OH excluding ortho intramolecular Hbond substituents is 2. The summed E-state index contributed by atoms with van der Waals surface area (Å²) in [5, 5.41) is 21.3. The smallest absolute Gasteiger partial charge is 0.166 e. The van der Waals surface area contributed by atoms with Gasteiger partial charge in [-0.3, -0.25) is 9.98 Å². The summed E-state index contributed by atoms with van der Waals surface area (Å²) in [5.41, 5.74) is 2.42. The highest BCUT2D eigenvalue weighted by molar-refractivity contribution is 5.90. The second-order valence-electron chi connectivity index (χ2n) is 8.21. The largest absolute Gasteiger partial charge is 0.504 e. The number of rotatable bonds is 0. The van der Waals surface area contributed by atoms with Gasteiger partial charge in [-0.05, 0) is 49.2 Å². The van der Waals surface area contributed by atoms with Gasteiger partial charge in [0.1, 0.15) is 0 Å². The Labute approximate surface area is 200 Å². The minimum absolute atomic E-state index is 0.0797. The maximum Gasteiger partial charge on any atom is 0.166 e. The average molecular weight is 459 g/mol.